The van der Waals surface area contributed by atoms with E-state index in [1.807, 2.05) is 11.4 Å². The van der Waals surface area contributed by atoms with Gasteiger partial charge in [0.2, 0.25) is 5.91 Å². The Balaban J connectivity index is 2.36. The van der Waals surface area contributed by atoms with Crippen molar-refractivity contribution in [1.82, 2.24) is 5.32 Å². The molecule has 0 atom stereocenters. The number of thiophene rings is 1. The number of rotatable bonds is 4. The third-order valence-electron chi connectivity index (χ3n) is 1.39. The van der Waals surface area contributed by atoms with Crippen LogP contribution in [0.1, 0.15) is 4.88 Å². The summed E-state index contributed by atoms with van der Waals surface area (Å²) in [5.74, 6) is -0.0524. The summed E-state index contributed by atoms with van der Waals surface area (Å²) in [6.45, 7) is 0.311. The Bertz CT molecular complexity index is 287. The second-order valence-corrected chi connectivity index (χ2v) is 4.39. The van der Waals surface area contributed by atoms with Gasteiger partial charge in [0.05, 0.1) is 13.0 Å². The predicted octanol–water partition coefficient (Wildman–Crippen LogP) is 1.16. The minimum absolute atomic E-state index is 0.0140. The summed E-state index contributed by atoms with van der Waals surface area (Å²) in [6, 6.07) is 1.92. The van der Waals surface area contributed by atoms with Crippen LogP contribution in [0.15, 0.2) is 15.9 Å². The van der Waals surface area contributed by atoms with Gasteiger partial charge in [-0.15, -0.1) is 11.3 Å². The second kappa shape index (κ2) is 5.36. The fourth-order valence-electron chi connectivity index (χ4n) is 0.863. The molecule has 1 heterocycles. The van der Waals surface area contributed by atoms with Crippen LogP contribution in [0, 0.1) is 0 Å². The molecular weight excluding hydrogens is 254 g/mol. The fraction of sp³-hybridized carbons (Fsp3) is 0.375. The highest BCUT2D eigenvalue weighted by atomic mass is 79.9. The Labute approximate surface area is 88.9 Å². The zero-order chi connectivity index (χ0) is 9.68. The van der Waals surface area contributed by atoms with Gasteiger partial charge in [-0.2, -0.15) is 0 Å². The summed E-state index contributed by atoms with van der Waals surface area (Å²) in [5.41, 5.74) is 0. The molecule has 0 unspecified atom stereocenters. The Kier molecular flexibility index (Phi) is 4.41. The van der Waals surface area contributed by atoms with E-state index < -0.39 is 0 Å². The molecule has 1 aromatic heterocycles. The largest absolute Gasteiger partial charge is 0.395 e. The molecule has 0 aliphatic heterocycles. The molecule has 0 radical (unpaired) electrons. The highest BCUT2D eigenvalue weighted by molar-refractivity contribution is 9.10. The lowest BCUT2D eigenvalue weighted by Gasteiger charge is -2.00. The first kappa shape index (κ1) is 10.7. The average molecular weight is 264 g/mol. The summed E-state index contributed by atoms with van der Waals surface area (Å²) >= 11 is 4.85. The summed E-state index contributed by atoms with van der Waals surface area (Å²) < 4.78 is 1.00. The van der Waals surface area contributed by atoms with E-state index in [9.17, 15) is 4.79 Å². The molecule has 0 aliphatic rings. The molecule has 0 saturated heterocycles. The topological polar surface area (TPSA) is 49.3 Å². The van der Waals surface area contributed by atoms with Gasteiger partial charge in [0, 0.05) is 21.3 Å². The third kappa shape index (κ3) is 3.89. The molecule has 1 aromatic rings. The van der Waals surface area contributed by atoms with Crippen molar-refractivity contribution in [2.75, 3.05) is 13.2 Å². The number of carbonyl (C=O) groups excluding carboxylic acids is 1. The Hall–Kier alpha value is -0.390. The van der Waals surface area contributed by atoms with E-state index in [0.29, 0.717) is 13.0 Å². The molecule has 1 rings (SSSR count). The van der Waals surface area contributed by atoms with Crippen molar-refractivity contribution < 1.29 is 9.90 Å². The van der Waals surface area contributed by atoms with Gasteiger partial charge < -0.3 is 10.4 Å². The number of aliphatic hydroxyl groups excluding tert-OH is 1. The SMILES string of the molecule is O=C(Cc1cc(Br)cs1)NCCO. The molecule has 2 N–H and O–H groups in total. The van der Waals surface area contributed by atoms with Crippen LogP contribution in [0.5, 0.6) is 0 Å². The first-order chi connectivity index (χ1) is 6.22. The molecule has 3 nitrogen and oxygen atoms in total. The minimum atomic E-state index is -0.0524. The van der Waals surface area contributed by atoms with Gasteiger partial charge in [-0.25, -0.2) is 0 Å². The smallest absolute Gasteiger partial charge is 0.225 e. The molecule has 72 valence electrons. The van der Waals surface area contributed by atoms with Gasteiger partial charge in [0.25, 0.3) is 0 Å². The highest BCUT2D eigenvalue weighted by Crippen LogP contribution is 2.19. The van der Waals surface area contributed by atoms with E-state index in [-0.39, 0.29) is 12.5 Å². The maximum absolute atomic E-state index is 11.1. The highest BCUT2D eigenvalue weighted by Gasteiger charge is 2.04. The maximum atomic E-state index is 11.1. The minimum Gasteiger partial charge on any atom is -0.395 e. The molecule has 5 heteroatoms. The van der Waals surface area contributed by atoms with Crippen LogP contribution in [0.2, 0.25) is 0 Å². The normalized spacial score (nSPS) is 10.0. The van der Waals surface area contributed by atoms with Gasteiger partial charge >= 0.3 is 0 Å². The van der Waals surface area contributed by atoms with Gasteiger partial charge in [-0.3, -0.25) is 4.79 Å². The van der Waals surface area contributed by atoms with Crippen molar-refractivity contribution in [3.05, 3.63) is 20.8 Å². The summed E-state index contributed by atoms with van der Waals surface area (Å²) in [5, 5.41) is 13.0. The number of hydrogen-bond acceptors (Lipinski definition) is 3. The van der Waals surface area contributed by atoms with Gasteiger partial charge in [0.1, 0.15) is 0 Å². The van der Waals surface area contributed by atoms with E-state index in [1.165, 1.54) is 0 Å². The Morgan fingerprint density at radius 2 is 2.46 bits per heavy atom. The van der Waals surface area contributed by atoms with E-state index in [2.05, 4.69) is 21.2 Å². The number of nitrogens with one attached hydrogen (secondary N) is 1. The van der Waals surface area contributed by atoms with Crippen LogP contribution in [0.4, 0.5) is 0 Å². The number of carbonyl (C=O) groups is 1. The second-order valence-electron chi connectivity index (χ2n) is 2.48. The Morgan fingerprint density at radius 3 is 3.00 bits per heavy atom. The summed E-state index contributed by atoms with van der Waals surface area (Å²) in [7, 11) is 0. The molecule has 0 fully saturated rings. The van der Waals surface area contributed by atoms with E-state index >= 15 is 0 Å². The van der Waals surface area contributed by atoms with E-state index in [4.69, 9.17) is 5.11 Å². The zero-order valence-corrected chi connectivity index (χ0v) is 9.32. The fourth-order valence-corrected chi connectivity index (χ4v) is 2.31. The van der Waals surface area contributed by atoms with Crippen molar-refractivity contribution >= 4 is 33.2 Å². The number of amides is 1. The average Bonchev–Trinajstić information content (AvgIpc) is 2.48. The first-order valence-electron chi connectivity index (χ1n) is 3.83. The third-order valence-corrected chi connectivity index (χ3v) is 3.09. The zero-order valence-electron chi connectivity index (χ0n) is 6.92. The quantitative estimate of drug-likeness (QED) is 0.857. The van der Waals surface area contributed by atoms with Crippen molar-refractivity contribution in [3.63, 3.8) is 0 Å². The molecule has 0 aliphatic carbocycles. The lowest BCUT2D eigenvalue weighted by atomic mass is 10.3. The van der Waals surface area contributed by atoms with Crippen molar-refractivity contribution in [3.8, 4) is 0 Å². The van der Waals surface area contributed by atoms with Crippen molar-refractivity contribution in [2.24, 2.45) is 0 Å². The first-order valence-corrected chi connectivity index (χ1v) is 5.50. The molecule has 0 spiro atoms. The monoisotopic (exact) mass is 263 g/mol. The molecule has 0 saturated carbocycles. The van der Waals surface area contributed by atoms with Crippen molar-refractivity contribution in [1.29, 1.82) is 0 Å². The predicted molar refractivity (Wildman–Crippen MR) is 55.8 cm³/mol. The molecular formula is C8H10BrNO2S. The number of hydrogen-bond donors (Lipinski definition) is 2. The summed E-state index contributed by atoms with van der Waals surface area (Å²) in [4.78, 5) is 12.2. The van der Waals surface area contributed by atoms with Crippen LogP contribution in [0.25, 0.3) is 0 Å². The lowest BCUT2D eigenvalue weighted by molar-refractivity contribution is -0.120. The molecule has 0 bridgehead atoms. The van der Waals surface area contributed by atoms with Crippen LogP contribution in [-0.2, 0) is 11.2 Å². The van der Waals surface area contributed by atoms with Gasteiger partial charge in [-0.05, 0) is 22.0 Å². The lowest BCUT2D eigenvalue weighted by Crippen LogP contribution is -2.27. The molecule has 1 amide bonds. The van der Waals surface area contributed by atoms with Crippen LogP contribution in [-0.4, -0.2) is 24.2 Å². The number of aliphatic hydroxyl groups is 1. The standard InChI is InChI=1S/C8H10BrNO2S/c9-6-3-7(13-5-6)4-8(12)10-1-2-11/h3,5,11H,1-2,4H2,(H,10,12). The van der Waals surface area contributed by atoms with E-state index in [1.54, 1.807) is 11.3 Å². The Morgan fingerprint density at radius 1 is 1.69 bits per heavy atom. The van der Waals surface area contributed by atoms with Gasteiger partial charge in [0.15, 0.2) is 0 Å². The molecule has 0 aromatic carbocycles. The maximum Gasteiger partial charge on any atom is 0.225 e. The van der Waals surface area contributed by atoms with Crippen LogP contribution >= 0.6 is 27.3 Å². The van der Waals surface area contributed by atoms with Crippen LogP contribution < -0.4 is 5.32 Å². The van der Waals surface area contributed by atoms with Crippen LogP contribution in [0.3, 0.4) is 0 Å². The summed E-state index contributed by atoms with van der Waals surface area (Å²) in [6.07, 6.45) is 0.385. The molecule has 13 heavy (non-hydrogen) atoms. The van der Waals surface area contributed by atoms with Crippen molar-refractivity contribution in [2.45, 2.75) is 6.42 Å². The van der Waals surface area contributed by atoms with E-state index in [0.717, 1.165) is 9.35 Å². The van der Waals surface area contributed by atoms with Gasteiger partial charge in [-0.1, -0.05) is 0 Å². The number of halogens is 1.